The number of nitrogens with zero attached hydrogens (tertiary/aromatic N) is 1. The number of esters is 2. The van der Waals surface area contributed by atoms with E-state index in [2.05, 4.69) is 4.74 Å². The highest BCUT2D eigenvalue weighted by molar-refractivity contribution is 6.35. The van der Waals surface area contributed by atoms with E-state index in [1.165, 1.54) is 19.2 Å². The minimum Gasteiger partial charge on any atom is -0.469 e. The van der Waals surface area contributed by atoms with Crippen LogP contribution in [0.1, 0.15) is 38.5 Å². The summed E-state index contributed by atoms with van der Waals surface area (Å²) in [6, 6.07) is 6.12. The third-order valence-corrected chi connectivity index (χ3v) is 4.69. The van der Waals surface area contributed by atoms with Crippen LogP contribution >= 0.6 is 23.2 Å². The Labute approximate surface area is 167 Å². The zero-order valence-electron chi connectivity index (χ0n) is 15.2. The molecule has 0 aliphatic carbocycles. The molecule has 0 aliphatic heterocycles. The van der Waals surface area contributed by atoms with Crippen LogP contribution in [-0.4, -0.2) is 36.0 Å². The van der Waals surface area contributed by atoms with E-state index in [1.807, 2.05) is 11.5 Å². The molecule has 0 saturated carbocycles. The molecule has 6 nitrogen and oxygen atoms in total. The summed E-state index contributed by atoms with van der Waals surface area (Å²) in [7, 11) is 1.33. The maximum atomic E-state index is 12.5. The van der Waals surface area contributed by atoms with Gasteiger partial charge in [0.25, 0.3) is 0 Å². The number of carbonyl (C=O) groups is 3. The lowest BCUT2D eigenvalue weighted by molar-refractivity contribution is -0.140. The van der Waals surface area contributed by atoms with Gasteiger partial charge in [0.05, 0.1) is 24.1 Å². The maximum absolute atomic E-state index is 12.5. The number of Topliss-reactive ketones (excluding diaryl/α,β-unsaturated/α-hetero) is 1. The Morgan fingerprint density at radius 3 is 2.44 bits per heavy atom. The zero-order valence-corrected chi connectivity index (χ0v) is 16.7. The molecule has 0 atom stereocenters. The second-order valence-electron chi connectivity index (χ2n) is 5.89. The lowest BCUT2D eigenvalue weighted by Crippen LogP contribution is -2.16. The lowest BCUT2D eigenvalue weighted by atomic mass is 10.1. The van der Waals surface area contributed by atoms with Gasteiger partial charge in [-0.2, -0.15) is 0 Å². The molecule has 2 aromatic rings. The van der Waals surface area contributed by atoms with Crippen molar-refractivity contribution in [1.82, 2.24) is 4.57 Å². The van der Waals surface area contributed by atoms with Gasteiger partial charge in [-0.1, -0.05) is 23.2 Å². The van der Waals surface area contributed by atoms with Crippen LogP contribution in [0.5, 0.6) is 0 Å². The van der Waals surface area contributed by atoms with Crippen molar-refractivity contribution in [1.29, 1.82) is 0 Å². The topological polar surface area (TPSA) is 74.6 Å². The van der Waals surface area contributed by atoms with Gasteiger partial charge in [-0.15, -0.1) is 0 Å². The van der Waals surface area contributed by atoms with Gasteiger partial charge in [0.15, 0.2) is 6.61 Å². The second kappa shape index (κ2) is 9.06. The highest BCUT2D eigenvalue weighted by Gasteiger charge is 2.19. The summed E-state index contributed by atoms with van der Waals surface area (Å²) < 4.78 is 11.6. The molecule has 8 heteroatoms. The van der Waals surface area contributed by atoms with E-state index in [4.69, 9.17) is 27.9 Å². The molecule has 2 rings (SSSR count). The summed E-state index contributed by atoms with van der Waals surface area (Å²) in [5.74, 6) is -1.41. The monoisotopic (exact) mass is 411 g/mol. The normalized spacial score (nSPS) is 10.6. The number of ether oxygens (including phenoxy) is 2. The Morgan fingerprint density at radius 2 is 1.78 bits per heavy atom. The molecule has 27 heavy (non-hydrogen) atoms. The van der Waals surface area contributed by atoms with Crippen molar-refractivity contribution in [3.8, 4) is 0 Å². The fourth-order valence-electron chi connectivity index (χ4n) is 2.67. The van der Waals surface area contributed by atoms with Gasteiger partial charge in [-0.3, -0.25) is 9.59 Å². The van der Waals surface area contributed by atoms with E-state index in [0.717, 1.165) is 5.69 Å². The summed E-state index contributed by atoms with van der Waals surface area (Å²) >= 11 is 11.8. The first-order chi connectivity index (χ1) is 12.7. The molecule has 0 bridgehead atoms. The molecule has 0 radical (unpaired) electrons. The molecule has 0 saturated heterocycles. The van der Waals surface area contributed by atoms with Crippen LogP contribution < -0.4 is 0 Å². The van der Waals surface area contributed by atoms with Crippen LogP contribution in [0.2, 0.25) is 10.0 Å². The van der Waals surface area contributed by atoms with Crippen molar-refractivity contribution < 1.29 is 23.9 Å². The van der Waals surface area contributed by atoms with Crippen LogP contribution in [0.4, 0.5) is 0 Å². The van der Waals surface area contributed by atoms with E-state index in [0.29, 0.717) is 22.8 Å². The van der Waals surface area contributed by atoms with Crippen LogP contribution in [0.15, 0.2) is 24.3 Å². The molecule has 1 heterocycles. The first-order valence-corrected chi connectivity index (χ1v) is 8.89. The Kier molecular flexibility index (Phi) is 7.05. The smallest absolute Gasteiger partial charge is 0.340 e. The van der Waals surface area contributed by atoms with Crippen molar-refractivity contribution in [3.05, 3.63) is 56.8 Å². The fraction of sp³-hybridized carbons (Fsp3) is 0.316. The maximum Gasteiger partial charge on any atom is 0.340 e. The minimum atomic E-state index is -0.727. The average Bonchev–Trinajstić information content (AvgIpc) is 2.93. The third kappa shape index (κ3) is 5.11. The Bertz CT molecular complexity index is 888. The first-order valence-electron chi connectivity index (χ1n) is 8.13. The summed E-state index contributed by atoms with van der Waals surface area (Å²) in [5, 5.41) is 0.532. The van der Waals surface area contributed by atoms with Crippen LogP contribution in [0, 0.1) is 13.8 Å². The van der Waals surface area contributed by atoms with Gasteiger partial charge in [-0.05, 0) is 38.1 Å². The highest BCUT2D eigenvalue weighted by Crippen LogP contribution is 2.22. The van der Waals surface area contributed by atoms with Crippen LogP contribution in [0.25, 0.3) is 0 Å². The van der Waals surface area contributed by atoms with Gasteiger partial charge < -0.3 is 14.0 Å². The molecule has 0 unspecified atom stereocenters. The van der Waals surface area contributed by atoms with Gasteiger partial charge >= 0.3 is 11.9 Å². The van der Waals surface area contributed by atoms with E-state index in [9.17, 15) is 14.4 Å². The van der Waals surface area contributed by atoms with E-state index < -0.39 is 12.6 Å². The molecule has 0 N–H and O–H groups in total. The third-order valence-electron chi connectivity index (χ3n) is 4.12. The standard InChI is InChI=1S/C19H19Cl2NO5/c1-11-8-14(12(2)22(11)7-6-18(24)26-3)17(23)10-27-19(25)15-9-13(20)4-5-16(15)21/h4-5,8-9H,6-7,10H2,1-3H3. The number of rotatable bonds is 7. The largest absolute Gasteiger partial charge is 0.469 e. The second-order valence-corrected chi connectivity index (χ2v) is 6.73. The van der Waals surface area contributed by atoms with Gasteiger partial charge in [0, 0.05) is 28.5 Å². The van der Waals surface area contributed by atoms with Crippen molar-refractivity contribution in [2.75, 3.05) is 13.7 Å². The number of methoxy groups -OCH3 is 1. The Balaban J connectivity index is 2.07. The van der Waals surface area contributed by atoms with Crippen molar-refractivity contribution in [3.63, 3.8) is 0 Å². The molecule has 0 aliphatic rings. The quantitative estimate of drug-likeness (QED) is 0.508. The number of ketones is 1. The molecule has 0 amide bonds. The predicted octanol–water partition coefficient (Wildman–Crippen LogP) is 4.01. The van der Waals surface area contributed by atoms with E-state index in [-0.39, 0.29) is 28.8 Å². The number of carbonyl (C=O) groups excluding carboxylic acids is 3. The Morgan fingerprint density at radius 1 is 1.07 bits per heavy atom. The van der Waals surface area contributed by atoms with Gasteiger partial charge in [0.1, 0.15) is 0 Å². The predicted molar refractivity (Wildman–Crippen MR) is 102 cm³/mol. The zero-order chi connectivity index (χ0) is 20.1. The summed E-state index contributed by atoms with van der Waals surface area (Å²) in [6.45, 7) is 3.57. The number of halogens is 2. The minimum absolute atomic E-state index is 0.0977. The van der Waals surface area contributed by atoms with Crippen LogP contribution in [-0.2, 0) is 20.8 Å². The van der Waals surface area contributed by atoms with Crippen molar-refractivity contribution >= 4 is 40.9 Å². The SMILES string of the molecule is COC(=O)CCn1c(C)cc(C(=O)COC(=O)c2cc(Cl)ccc2Cl)c1C. The molecular weight excluding hydrogens is 393 g/mol. The number of hydrogen-bond donors (Lipinski definition) is 0. The molecule has 1 aromatic heterocycles. The Hall–Kier alpha value is -2.31. The highest BCUT2D eigenvalue weighted by atomic mass is 35.5. The summed E-state index contributed by atoms with van der Waals surface area (Å²) in [6.07, 6.45) is 0.197. The molecule has 1 aromatic carbocycles. The van der Waals surface area contributed by atoms with E-state index in [1.54, 1.807) is 19.1 Å². The number of hydrogen-bond acceptors (Lipinski definition) is 5. The molecule has 0 spiro atoms. The van der Waals surface area contributed by atoms with E-state index >= 15 is 0 Å². The number of aryl methyl sites for hydroxylation is 1. The lowest BCUT2D eigenvalue weighted by Gasteiger charge is -2.09. The summed E-state index contributed by atoms with van der Waals surface area (Å²) in [4.78, 5) is 36.0. The van der Waals surface area contributed by atoms with Gasteiger partial charge in [-0.25, -0.2) is 4.79 Å². The van der Waals surface area contributed by atoms with Gasteiger partial charge in [0.2, 0.25) is 5.78 Å². The van der Waals surface area contributed by atoms with Crippen molar-refractivity contribution in [2.24, 2.45) is 0 Å². The van der Waals surface area contributed by atoms with Crippen LogP contribution in [0.3, 0.4) is 0 Å². The summed E-state index contributed by atoms with van der Waals surface area (Å²) in [5.41, 5.74) is 2.05. The molecule has 144 valence electrons. The number of benzene rings is 1. The molecule has 0 fully saturated rings. The first kappa shape index (κ1) is 21.0. The van der Waals surface area contributed by atoms with Crippen molar-refractivity contribution in [2.45, 2.75) is 26.8 Å². The molecular formula is C19H19Cl2NO5. The fourth-order valence-corrected chi connectivity index (χ4v) is 3.04. The average molecular weight is 412 g/mol. The number of aromatic nitrogens is 1.